The van der Waals surface area contributed by atoms with Crippen molar-refractivity contribution in [2.24, 2.45) is 5.92 Å². The lowest BCUT2D eigenvalue weighted by atomic mass is 9.84. The third kappa shape index (κ3) is 5.14. The summed E-state index contributed by atoms with van der Waals surface area (Å²) in [6.07, 6.45) is 2.38. The Morgan fingerprint density at radius 2 is 1.88 bits per heavy atom. The van der Waals surface area contributed by atoms with Gasteiger partial charge < -0.3 is 15.0 Å². The van der Waals surface area contributed by atoms with Crippen LogP contribution in [-0.2, 0) is 6.61 Å². The minimum Gasteiger partial charge on any atom is -0.489 e. The lowest BCUT2D eigenvalue weighted by Gasteiger charge is -2.44. The molecular weight excluding hydrogens is 447 g/mol. The van der Waals surface area contributed by atoms with Gasteiger partial charge in [0.15, 0.2) is 0 Å². The lowest BCUT2D eigenvalue weighted by molar-refractivity contribution is 0.0622. The average molecular weight is 473 g/mol. The third-order valence-corrected chi connectivity index (χ3v) is 7.37. The predicted molar refractivity (Wildman–Crippen MR) is 128 cm³/mol. The fourth-order valence-corrected chi connectivity index (χ4v) is 5.41. The molecule has 4 heterocycles. The number of amides is 1. The molecule has 7 heteroatoms. The van der Waals surface area contributed by atoms with E-state index in [1.807, 2.05) is 42.5 Å². The highest BCUT2D eigenvalue weighted by molar-refractivity contribution is 7.17. The maximum Gasteiger partial charge on any atom is 0.261 e. The van der Waals surface area contributed by atoms with Gasteiger partial charge in [0.05, 0.1) is 4.88 Å². The highest BCUT2D eigenvalue weighted by Gasteiger charge is 2.35. The second-order valence-electron chi connectivity index (χ2n) is 8.32. The number of ether oxygens (including phenoxy) is 1. The van der Waals surface area contributed by atoms with E-state index in [4.69, 9.17) is 4.74 Å². The first kappa shape index (κ1) is 22.8. The molecule has 3 aromatic rings. The van der Waals surface area contributed by atoms with E-state index in [9.17, 15) is 9.18 Å². The van der Waals surface area contributed by atoms with E-state index in [-0.39, 0.29) is 30.2 Å². The summed E-state index contributed by atoms with van der Waals surface area (Å²) in [7, 11) is 0. The lowest BCUT2D eigenvalue weighted by Crippen LogP contribution is -2.57. The number of nitrogens with one attached hydrogen (secondary N) is 1. The third-order valence-electron chi connectivity index (χ3n) is 6.24. The van der Waals surface area contributed by atoms with E-state index in [2.05, 4.69) is 10.2 Å². The van der Waals surface area contributed by atoms with Crippen LogP contribution in [0.15, 0.2) is 60.7 Å². The minimum atomic E-state index is -0.262. The molecule has 3 saturated heterocycles. The smallest absolute Gasteiger partial charge is 0.261 e. The number of rotatable bonds is 6. The quantitative estimate of drug-likeness (QED) is 0.523. The zero-order chi connectivity index (χ0) is 21.2. The normalized spacial score (nSPS) is 21.6. The second-order valence-corrected chi connectivity index (χ2v) is 9.41. The van der Waals surface area contributed by atoms with Crippen molar-refractivity contribution in [2.75, 3.05) is 19.6 Å². The highest BCUT2D eigenvalue weighted by atomic mass is 35.5. The van der Waals surface area contributed by atoms with Crippen LogP contribution in [0.5, 0.6) is 5.75 Å². The number of fused-ring (bicyclic) bond motifs is 3. The summed E-state index contributed by atoms with van der Waals surface area (Å²) in [5, 5.41) is 3.26. The van der Waals surface area contributed by atoms with E-state index < -0.39 is 0 Å². The van der Waals surface area contributed by atoms with Gasteiger partial charge in [-0.25, -0.2) is 4.39 Å². The first-order valence-electron chi connectivity index (χ1n) is 10.7. The number of benzene rings is 2. The van der Waals surface area contributed by atoms with Crippen molar-refractivity contribution in [1.29, 1.82) is 0 Å². The van der Waals surface area contributed by atoms with Gasteiger partial charge in [-0.15, -0.1) is 23.7 Å². The summed E-state index contributed by atoms with van der Waals surface area (Å²) in [5.41, 5.74) is 1.84. The summed E-state index contributed by atoms with van der Waals surface area (Å²) in [6.45, 7) is 3.63. The van der Waals surface area contributed by atoms with Gasteiger partial charge in [-0.3, -0.25) is 4.79 Å². The number of piperidine rings is 3. The van der Waals surface area contributed by atoms with Gasteiger partial charge in [0.2, 0.25) is 0 Å². The molecule has 0 unspecified atom stereocenters. The number of carbonyl (C=O) groups excluding carboxylic acids is 1. The molecule has 3 fully saturated rings. The van der Waals surface area contributed by atoms with Crippen LogP contribution in [0.1, 0.15) is 28.1 Å². The molecule has 0 aliphatic carbocycles. The minimum absolute atomic E-state index is 0. The van der Waals surface area contributed by atoms with Crippen LogP contribution in [0.3, 0.4) is 0 Å². The van der Waals surface area contributed by atoms with E-state index in [0.717, 1.165) is 33.2 Å². The molecule has 32 heavy (non-hydrogen) atoms. The maximum atomic E-state index is 13.3. The van der Waals surface area contributed by atoms with Crippen LogP contribution in [-0.4, -0.2) is 36.5 Å². The number of thiophene rings is 1. The van der Waals surface area contributed by atoms with Gasteiger partial charge in [0.25, 0.3) is 5.91 Å². The molecule has 1 aromatic heterocycles. The Bertz CT molecular complexity index is 1060. The van der Waals surface area contributed by atoms with Crippen LogP contribution in [0, 0.1) is 11.7 Å². The molecular formula is C25H26ClFN2O2S. The van der Waals surface area contributed by atoms with E-state index in [1.54, 1.807) is 6.07 Å². The second kappa shape index (κ2) is 10.0. The Morgan fingerprint density at radius 1 is 1.09 bits per heavy atom. The topological polar surface area (TPSA) is 41.6 Å². The average Bonchev–Trinajstić information content (AvgIpc) is 3.30. The predicted octanol–water partition coefficient (Wildman–Crippen LogP) is 5.38. The molecule has 1 atom stereocenters. The van der Waals surface area contributed by atoms with Gasteiger partial charge >= 0.3 is 0 Å². The molecule has 3 aliphatic heterocycles. The molecule has 0 saturated carbocycles. The fraction of sp³-hybridized carbons (Fsp3) is 0.320. The van der Waals surface area contributed by atoms with E-state index in [1.165, 1.54) is 49.4 Å². The van der Waals surface area contributed by atoms with E-state index >= 15 is 0 Å². The number of nitrogens with zero attached hydrogens (tertiary/aromatic N) is 1. The Kier molecular flexibility index (Phi) is 7.13. The van der Waals surface area contributed by atoms with Crippen LogP contribution in [0.25, 0.3) is 10.4 Å². The largest absolute Gasteiger partial charge is 0.489 e. The van der Waals surface area contributed by atoms with Gasteiger partial charge in [0, 0.05) is 17.5 Å². The van der Waals surface area contributed by atoms with E-state index in [0.29, 0.717) is 12.5 Å². The van der Waals surface area contributed by atoms with Gasteiger partial charge in [-0.1, -0.05) is 12.1 Å². The Hall–Kier alpha value is -2.41. The molecule has 1 N–H and O–H groups in total. The van der Waals surface area contributed by atoms with Gasteiger partial charge in [0.1, 0.15) is 18.2 Å². The Balaban J connectivity index is 0.00000245. The van der Waals surface area contributed by atoms with Crippen molar-refractivity contribution in [3.63, 3.8) is 0 Å². The molecule has 2 aromatic carbocycles. The van der Waals surface area contributed by atoms with Crippen LogP contribution < -0.4 is 10.1 Å². The number of halogens is 2. The number of hydrogen-bond acceptors (Lipinski definition) is 4. The SMILES string of the molecule is Cl.O=C(N[C@H]1CN2CCC1CC2)c1ccc(-c2ccc(OCc3cccc(F)c3)cc2)s1. The number of carbonyl (C=O) groups is 1. The van der Waals surface area contributed by atoms with Crippen molar-refractivity contribution < 1.29 is 13.9 Å². The monoisotopic (exact) mass is 472 g/mol. The van der Waals surface area contributed by atoms with Crippen molar-refractivity contribution >= 4 is 29.7 Å². The van der Waals surface area contributed by atoms with Crippen molar-refractivity contribution in [3.8, 4) is 16.2 Å². The molecule has 168 valence electrons. The first-order valence-corrected chi connectivity index (χ1v) is 11.6. The zero-order valence-electron chi connectivity index (χ0n) is 17.6. The van der Waals surface area contributed by atoms with Crippen LogP contribution in [0.4, 0.5) is 4.39 Å². The standard InChI is InChI=1S/C25H25FN2O2S.ClH/c26-20-3-1-2-17(14-20)16-30-21-6-4-19(5-7-21)23-8-9-24(31-23)25(29)27-22-15-28-12-10-18(22)11-13-28;/h1-9,14,18,22H,10-13,15-16H2,(H,27,29);1H/t22-;/m0./s1. The molecule has 0 spiro atoms. The summed E-state index contributed by atoms with van der Waals surface area (Å²) in [6, 6.07) is 18.4. The van der Waals surface area contributed by atoms with Crippen molar-refractivity contribution in [3.05, 3.63) is 76.9 Å². The van der Waals surface area contributed by atoms with Gasteiger partial charge in [-0.2, -0.15) is 0 Å². The summed E-state index contributed by atoms with van der Waals surface area (Å²) >= 11 is 1.51. The Morgan fingerprint density at radius 3 is 2.56 bits per heavy atom. The molecule has 6 rings (SSSR count). The van der Waals surface area contributed by atoms with Crippen LogP contribution in [0.2, 0.25) is 0 Å². The first-order chi connectivity index (χ1) is 15.1. The molecule has 3 aliphatic rings. The molecule has 0 radical (unpaired) electrons. The fourth-order valence-electron chi connectivity index (χ4n) is 4.49. The Labute approximate surface area is 197 Å². The van der Waals surface area contributed by atoms with Crippen LogP contribution >= 0.6 is 23.7 Å². The molecule has 1 amide bonds. The summed E-state index contributed by atoms with van der Waals surface area (Å²) < 4.78 is 19.0. The molecule has 4 nitrogen and oxygen atoms in total. The molecule has 2 bridgehead atoms. The highest BCUT2D eigenvalue weighted by Crippen LogP contribution is 2.31. The number of hydrogen-bond donors (Lipinski definition) is 1. The van der Waals surface area contributed by atoms with Gasteiger partial charge in [-0.05, 0) is 91.5 Å². The van der Waals surface area contributed by atoms with Crippen molar-refractivity contribution in [1.82, 2.24) is 10.2 Å². The maximum absolute atomic E-state index is 13.3. The summed E-state index contributed by atoms with van der Waals surface area (Å²) in [4.78, 5) is 17.0. The summed E-state index contributed by atoms with van der Waals surface area (Å²) in [5.74, 6) is 1.12. The van der Waals surface area contributed by atoms with Crippen molar-refractivity contribution in [2.45, 2.75) is 25.5 Å². The zero-order valence-corrected chi connectivity index (χ0v) is 19.3.